The predicted molar refractivity (Wildman–Crippen MR) is 194 cm³/mol. The Morgan fingerprint density at radius 1 is 0.378 bits per heavy atom. The second-order valence-corrected chi connectivity index (χ2v) is 12.5. The Hall–Kier alpha value is -2.10. The van der Waals surface area contributed by atoms with Crippen molar-refractivity contribution in [3.05, 3.63) is 48.6 Å². The van der Waals surface area contributed by atoms with Crippen LogP contribution in [-0.2, 0) is 19.1 Å². The molecule has 4 nitrogen and oxygen atoms in total. The van der Waals surface area contributed by atoms with E-state index in [-0.39, 0.29) is 11.9 Å². The largest absolute Gasteiger partial charge is 0.466 e. The fourth-order valence-electron chi connectivity index (χ4n) is 5.14. The third kappa shape index (κ3) is 38.0. The molecule has 0 aliphatic carbocycles. The van der Waals surface area contributed by atoms with Crippen molar-refractivity contribution in [2.45, 2.75) is 187 Å². The van der Waals surface area contributed by atoms with Gasteiger partial charge >= 0.3 is 11.9 Å². The number of unbranched alkanes of at least 4 members (excludes halogenated alkanes) is 18. The van der Waals surface area contributed by atoms with Gasteiger partial charge in [0.25, 0.3) is 0 Å². The van der Waals surface area contributed by atoms with Gasteiger partial charge in [-0.2, -0.15) is 0 Å². The third-order valence-electron chi connectivity index (χ3n) is 8.01. The summed E-state index contributed by atoms with van der Waals surface area (Å²) in [6.07, 6.45) is 48.6. The first-order chi connectivity index (χ1) is 22.2. The Balaban J connectivity index is 3.41. The maximum Gasteiger partial charge on any atom is 0.305 e. The average Bonchev–Trinajstić information content (AvgIpc) is 3.04. The number of hydrogen-bond donors (Lipinski definition) is 0. The van der Waals surface area contributed by atoms with E-state index in [1.54, 1.807) is 0 Å². The van der Waals surface area contributed by atoms with Gasteiger partial charge in [0.2, 0.25) is 0 Å². The van der Waals surface area contributed by atoms with Gasteiger partial charge in [-0.3, -0.25) is 9.59 Å². The fourth-order valence-corrected chi connectivity index (χ4v) is 5.14. The van der Waals surface area contributed by atoms with E-state index in [1.165, 1.54) is 109 Å². The van der Waals surface area contributed by atoms with E-state index in [0.29, 0.717) is 32.5 Å². The van der Waals surface area contributed by atoms with Crippen LogP contribution >= 0.6 is 0 Å². The van der Waals surface area contributed by atoms with E-state index >= 15 is 0 Å². The molecule has 0 saturated heterocycles. The number of hydrogen-bond acceptors (Lipinski definition) is 4. The van der Waals surface area contributed by atoms with Gasteiger partial charge in [-0.1, -0.05) is 165 Å². The van der Waals surface area contributed by atoms with Gasteiger partial charge in [-0.25, -0.2) is 0 Å². The van der Waals surface area contributed by atoms with E-state index < -0.39 is 0 Å². The monoisotopic (exact) mass is 629 g/mol. The Bertz CT molecular complexity index is 749. The number of carbonyl (C=O) groups is 2. The van der Waals surface area contributed by atoms with Gasteiger partial charge in [0, 0.05) is 19.3 Å². The van der Waals surface area contributed by atoms with Crippen LogP contribution in [0.4, 0.5) is 0 Å². The SMILES string of the molecule is CCCCC/C=C\C/C=C\C/C=C\C/C=C\CCCC(=O)OCCCOC(=O)CCCCCCCCCCCCCCCCC. The topological polar surface area (TPSA) is 52.6 Å². The molecule has 0 aliphatic heterocycles. The molecule has 0 aliphatic rings. The molecule has 45 heavy (non-hydrogen) atoms. The number of ether oxygens (including phenoxy) is 2. The average molecular weight is 629 g/mol. The van der Waals surface area contributed by atoms with Crippen molar-refractivity contribution in [3.8, 4) is 0 Å². The van der Waals surface area contributed by atoms with Crippen LogP contribution in [0.2, 0.25) is 0 Å². The minimum atomic E-state index is -0.171. The first-order valence-corrected chi connectivity index (χ1v) is 19.1. The molecule has 0 amide bonds. The smallest absolute Gasteiger partial charge is 0.305 e. The van der Waals surface area contributed by atoms with Crippen molar-refractivity contribution in [2.75, 3.05) is 13.2 Å². The fraction of sp³-hybridized carbons (Fsp3) is 0.756. The molecule has 0 bridgehead atoms. The van der Waals surface area contributed by atoms with Crippen molar-refractivity contribution in [1.82, 2.24) is 0 Å². The van der Waals surface area contributed by atoms with Crippen LogP contribution in [0.15, 0.2) is 48.6 Å². The van der Waals surface area contributed by atoms with Crippen LogP contribution in [-0.4, -0.2) is 25.2 Å². The van der Waals surface area contributed by atoms with Crippen LogP contribution < -0.4 is 0 Å². The first kappa shape index (κ1) is 42.9. The zero-order valence-electron chi connectivity index (χ0n) is 29.8. The van der Waals surface area contributed by atoms with Crippen LogP contribution in [0, 0.1) is 0 Å². The van der Waals surface area contributed by atoms with Crippen molar-refractivity contribution in [1.29, 1.82) is 0 Å². The van der Waals surface area contributed by atoms with Gasteiger partial charge < -0.3 is 9.47 Å². The molecule has 0 aromatic heterocycles. The summed E-state index contributed by atoms with van der Waals surface area (Å²) < 4.78 is 10.6. The first-order valence-electron chi connectivity index (χ1n) is 19.1. The molecule has 4 heteroatoms. The van der Waals surface area contributed by atoms with E-state index in [2.05, 4.69) is 62.5 Å². The molecule has 0 heterocycles. The van der Waals surface area contributed by atoms with Gasteiger partial charge in [0.1, 0.15) is 0 Å². The molecule has 0 rings (SSSR count). The number of allylic oxidation sites excluding steroid dienone is 8. The van der Waals surface area contributed by atoms with Gasteiger partial charge in [-0.15, -0.1) is 0 Å². The zero-order valence-corrected chi connectivity index (χ0v) is 29.8. The Labute approximate surface area is 279 Å². The standard InChI is InChI=1S/C41H72O4/c1-3-5-7-9-11-13-15-17-19-20-22-24-26-28-30-32-34-37-41(43)45-39-35-38-44-40(42)36-33-31-29-27-25-23-21-18-16-14-12-10-8-6-4-2/h11,13,17,19,22,24,28,30H,3-10,12,14-16,18,20-21,23,25-27,29,31-39H2,1-2H3/b13-11-,19-17-,24-22-,30-28-. The maximum absolute atomic E-state index is 11.9. The lowest BCUT2D eigenvalue weighted by Crippen LogP contribution is -2.10. The minimum absolute atomic E-state index is 0.130. The van der Waals surface area contributed by atoms with Crippen molar-refractivity contribution in [3.63, 3.8) is 0 Å². The van der Waals surface area contributed by atoms with Crippen molar-refractivity contribution >= 4 is 11.9 Å². The maximum atomic E-state index is 11.9. The van der Waals surface area contributed by atoms with Crippen molar-refractivity contribution < 1.29 is 19.1 Å². The van der Waals surface area contributed by atoms with Crippen LogP contribution in [0.5, 0.6) is 0 Å². The summed E-state index contributed by atoms with van der Waals surface area (Å²) in [4.78, 5) is 23.8. The molecule has 260 valence electrons. The summed E-state index contributed by atoms with van der Waals surface area (Å²) in [6, 6.07) is 0. The highest BCUT2D eigenvalue weighted by molar-refractivity contribution is 5.69. The normalized spacial score (nSPS) is 12.0. The van der Waals surface area contributed by atoms with Crippen LogP contribution in [0.1, 0.15) is 187 Å². The second-order valence-electron chi connectivity index (χ2n) is 12.5. The Kier molecular flexibility index (Phi) is 36.3. The summed E-state index contributed by atoms with van der Waals surface area (Å²) in [5.74, 6) is -0.301. The zero-order chi connectivity index (χ0) is 32.7. The summed E-state index contributed by atoms with van der Waals surface area (Å²) in [5, 5.41) is 0. The molecule has 0 aromatic rings. The van der Waals surface area contributed by atoms with Crippen molar-refractivity contribution in [2.24, 2.45) is 0 Å². The lowest BCUT2D eigenvalue weighted by Gasteiger charge is -2.06. The number of rotatable bonds is 34. The predicted octanol–water partition coefficient (Wildman–Crippen LogP) is 12.9. The lowest BCUT2D eigenvalue weighted by atomic mass is 10.0. The van der Waals surface area contributed by atoms with E-state index in [0.717, 1.165) is 44.9 Å². The molecule has 0 radical (unpaired) electrons. The molecule has 0 fully saturated rings. The minimum Gasteiger partial charge on any atom is -0.466 e. The number of carbonyl (C=O) groups excluding carboxylic acids is 2. The van der Waals surface area contributed by atoms with Crippen LogP contribution in [0.25, 0.3) is 0 Å². The molecule has 0 spiro atoms. The molecular formula is C41H72O4. The lowest BCUT2D eigenvalue weighted by molar-refractivity contribution is -0.146. The van der Waals surface area contributed by atoms with Gasteiger partial charge in [-0.05, 0) is 51.4 Å². The van der Waals surface area contributed by atoms with Gasteiger partial charge in [0.15, 0.2) is 0 Å². The molecule has 0 unspecified atom stereocenters. The highest BCUT2D eigenvalue weighted by atomic mass is 16.5. The highest BCUT2D eigenvalue weighted by Crippen LogP contribution is 2.14. The summed E-state index contributed by atoms with van der Waals surface area (Å²) in [5.41, 5.74) is 0. The van der Waals surface area contributed by atoms with E-state index in [4.69, 9.17) is 9.47 Å². The van der Waals surface area contributed by atoms with Crippen LogP contribution in [0.3, 0.4) is 0 Å². The molecule has 0 N–H and O–H groups in total. The molecule has 0 aromatic carbocycles. The summed E-state index contributed by atoms with van der Waals surface area (Å²) in [6.45, 7) is 5.15. The quantitative estimate of drug-likeness (QED) is 0.0404. The highest BCUT2D eigenvalue weighted by Gasteiger charge is 2.05. The van der Waals surface area contributed by atoms with Gasteiger partial charge in [0.05, 0.1) is 13.2 Å². The van der Waals surface area contributed by atoms with E-state index in [1.807, 2.05) is 0 Å². The second kappa shape index (κ2) is 38.1. The molecule has 0 atom stereocenters. The summed E-state index contributed by atoms with van der Waals surface area (Å²) in [7, 11) is 0. The third-order valence-corrected chi connectivity index (χ3v) is 8.01. The molecular weight excluding hydrogens is 556 g/mol. The Morgan fingerprint density at radius 2 is 0.711 bits per heavy atom. The summed E-state index contributed by atoms with van der Waals surface area (Å²) >= 11 is 0. The Morgan fingerprint density at radius 3 is 1.16 bits per heavy atom. The molecule has 0 saturated carbocycles. The number of esters is 2. The van der Waals surface area contributed by atoms with E-state index in [9.17, 15) is 9.59 Å².